The number of hydrogen-bond acceptors (Lipinski definition) is 11. The molecule has 3 aliphatic rings. The van der Waals surface area contributed by atoms with Crippen molar-refractivity contribution < 1.29 is 37.9 Å². The molecule has 0 saturated carbocycles. The van der Waals surface area contributed by atoms with Gasteiger partial charge in [0.2, 0.25) is 5.91 Å². The summed E-state index contributed by atoms with van der Waals surface area (Å²) in [5.41, 5.74) is 3.11. The fourth-order valence-corrected chi connectivity index (χ4v) is 10.1. The third-order valence-electron chi connectivity index (χ3n) is 13.8. The van der Waals surface area contributed by atoms with E-state index in [4.69, 9.17) is 11.6 Å². The normalized spacial score (nSPS) is 17.2. The molecule has 6 heterocycles. The van der Waals surface area contributed by atoms with Gasteiger partial charge in [0.15, 0.2) is 11.5 Å². The van der Waals surface area contributed by atoms with Gasteiger partial charge < -0.3 is 30.4 Å². The van der Waals surface area contributed by atoms with E-state index in [2.05, 4.69) is 25.6 Å². The SMILES string of the molecule is C/C=C(/CN1C(=O)CCC(N2Cc3cc(CNC(=O)Nc4ccc(C)c(Cl)c4)ccc3C2=O)C1=O)C(=O)N1CCN(c2nc(=O)n(-c3c(C)ccnc3C(C)C)c3nc(-c4c(O)cccc4F)c(F)cc23)[C@@H](C)C1. The number of aryl methyl sites for hydroxylation is 2. The van der Waals surface area contributed by atoms with Crippen molar-refractivity contribution in [2.75, 3.05) is 36.4 Å². The van der Waals surface area contributed by atoms with E-state index in [-0.39, 0.29) is 86.4 Å². The maximum Gasteiger partial charge on any atom is 0.355 e. The van der Waals surface area contributed by atoms with E-state index in [0.29, 0.717) is 38.8 Å². The zero-order chi connectivity index (χ0) is 52.9. The number of nitrogens with zero attached hydrogens (tertiary/aromatic N) is 8. The second kappa shape index (κ2) is 20.5. The lowest BCUT2D eigenvalue weighted by molar-refractivity contribution is -0.151. The van der Waals surface area contributed by atoms with E-state index in [0.717, 1.165) is 28.2 Å². The molecule has 0 bridgehead atoms. The zero-order valence-electron chi connectivity index (χ0n) is 41.5. The Morgan fingerprint density at radius 3 is 2.45 bits per heavy atom. The summed E-state index contributed by atoms with van der Waals surface area (Å²) in [7, 11) is 0. The minimum absolute atomic E-state index is 0.0365. The van der Waals surface area contributed by atoms with Crippen molar-refractivity contribution >= 4 is 63.8 Å². The van der Waals surface area contributed by atoms with Crippen LogP contribution < -0.4 is 21.2 Å². The maximum atomic E-state index is 16.4. The number of fused-ring (bicyclic) bond motifs is 2. The number of hydrogen-bond donors (Lipinski definition) is 3. The van der Waals surface area contributed by atoms with E-state index in [9.17, 15) is 33.9 Å². The number of benzene rings is 3. The lowest BCUT2D eigenvalue weighted by Gasteiger charge is -2.41. The van der Waals surface area contributed by atoms with Crippen LogP contribution in [0.2, 0.25) is 5.02 Å². The first kappa shape index (κ1) is 50.9. The number of likely N-dealkylation sites (tertiary alicyclic amines) is 1. The maximum absolute atomic E-state index is 16.4. The minimum atomic E-state index is -0.980. The zero-order valence-corrected chi connectivity index (χ0v) is 42.3. The molecule has 17 nitrogen and oxygen atoms in total. The number of pyridine rings is 2. The highest BCUT2D eigenvalue weighted by Crippen LogP contribution is 2.38. The molecule has 2 saturated heterocycles. The molecular formula is C54H53ClF2N10O7. The molecule has 6 amide bonds. The number of phenols is 1. The van der Waals surface area contributed by atoms with Gasteiger partial charge in [-0.3, -0.25) is 29.1 Å². The topological polar surface area (TPSA) is 203 Å². The van der Waals surface area contributed by atoms with Crippen molar-refractivity contribution in [3.8, 4) is 22.7 Å². The summed E-state index contributed by atoms with van der Waals surface area (Å²) in [5.74, 6) is -4.45. The Morgan fingerprint density at radius 2 is 1.73 bits per heavy atom. The second-order valence-corrected chi connectivity index (χ2v) is 19.5. The molecule has 3 aromatic heterocycles. The molecule has 3 aliphatic heterocycles. The van der Waals surface area contributed by atoms with E-state index in [1.54, 1.807) is 85.3 Å². The molecule has 2 atom stereocenters. The average Bonchev–Trinajstić information content (AvgIpc) is 3.69. The summed E-state index contributed by atoms with van der Waals surface area (Å²) in [4.78, 5) is 102. The van der Waals surface area contributed by atoms with Gasteiger partial charge in [-0.2, -0.15) is 4.98 Å². The highest BCUT2D eigenvalue weighted by atomic mass is 35.5. The van der Waals surface area contributed by atoms with Crippen LogP contribution in [-0.2, 0) is 27.5 Å². The van der Waals surface area contributed by atoms with Crippen LogP contribution in [0.5, 0.6) is 5.75 Å². The molecule has 0 radical (unpaired) electrons. The third-order valence-corrected chi connectivity index (χ3v) is 14.2. The Balaban J connectivity index is 0.910. The Bertz CT molecular complexity index is 3400. The molecule has 382 valence electrons. The predicted molar refractivity (Wildman–Crippen MR) is 274 cm³/mol. The van der Waals surface area contributed by atoms with Gasteiger partial charge in [-0.25, -0.2) is 27.9 Å². The summed E-state index contributed by atoms with van der Waals surface area (Å²) >= 11 is 6.20. The largest absolute Gasteiger partial charge is 0.507 e. The molecule has 0 aliphatic carbocycles. The smallest absolute Gasteiger partial charge is 0.355 e. The highest BCUT2D eigenvalue weighted by Gasteiger charge is 2.44. The average molecular weight is 1030 g/mol. The first-order chi connectivity index (χ1) is 35.3. The van der Waals surface area contributed by atoms with Gasteiger partial charge in [0.1, 0.15) is 29.1 Å². The second-order valence-electron chi connectivity index (χ2n) is 19.1. The Kier molecular flexibility index (Phi) is 14.1. The molecule has 6 aromatic rings. The number of urea groups is 1. The standard InChI is InChI=1S/C54H53ClF2N10O7/c1-7-33(26-66-43(69)16-15-41(52(66)72)65-27-34-21-32(12-14-36(34)51(65)71)24-59-53(73)60-35-13-11-29(4)38(55)22-35)50(70)63-19-20-64(31(6)25-63)48-37-23-40(57)46(44-39(56)9-8-10-42(44)68)61-49(37)67(54(74)62-48)47-30(5)17-18-58-45(47)28(2)3/h7-14,17-18,21-23,28,31,41,68H,15-16,19-20,24-27H2,1-6H3,(H2,59,60,73)/b33-7-/t31-,41?/m0/s1. The first-order valence-corrected chi connectivity index (χ1v) is 24.6. The molecule has 20 heteroatoms. The Labute approximate surface area is 429 Å². The van der Waals surface area contributed by atoms with Crippen LogP contribution in [-0.4, -0.2) is 107 Å². The van der Waals surface area contributed by atoms with Gasteiger partial charge in [0.05, 0.1) is 28.9 Å². The number of piperazine rings is 1. The summed E-state index contributed by atoms with van der Waals surface area (Å²) in [6, 6.07) is 14.8. The van der Waals surface area contributed by atoms with Crippen molar-refractivity contribution in [3.05, 3.63) is 145 Å². The molecule has 1 unspecified atom stereocenters. The van der Waals surface area contributed by atoms with Crippen molar-refractivity contribution in [2.45, 2.75) is 85.5 Å². The number of aromatic nitrogens is 4. The molecule has 0 spiro atoms. The number of allylic oxidation sites excluding steroid dienone is 1. The number of carbonyl (C=O) groups is 5. The number of anilines is 2. The summed E-state index contributed by atoms with van der Waals surface area (Å²) < 4.78 is 32.9. The lowest BCUT2D eigenvalue weighted by atomic mass is 10.0. The Morgan fingerprint density at radius 1 is 0.946 bits per heavy atom. The molecule has 74 heavy (non-hydrogen) atoms. The van der Waals surface area contributed by atoms with Gasteiger partial charge in [-0.1, -0.05) is 55.8 Å². The van der Waals surface area contributed by atoms with Crippen LogP contribution in [0.15, 0.2) is 89.4 Å². The van der Waals surface area contributed by atoms with Crippen molar-refractivity contribution in [3.63, 3.8) is 0 Å². The number of phenolic OH excluding ortho intramolecular Hbond substituents is 1. The monoisotopic (exact) mass is 1030 g/mol. The number of amides is 6. The van der Waals surface area contributed by atoms with Crippen molar-refractivity contribution in [1.29, 1.82) is 0 Å². The van der Waals surface area contributed by atoms with Crippen LogP contribution in [0.1, 0.15) is 84.8 Å². The minimum Gasteiger partial charge on any atom is -0.507 e. The van der Waals surface area contributed by atoms with Gasteiger partial charge in [-0.15, -0.1) is 0 Å². The molecule has 2 fully saturated rings. The van der Waals surface area contributed by atoms with Crippen molar-refractivity contribution in [2.24, 2.45) is 0 Å². The van der Waals surface area contributed by atoms with Crippen LogP contribution in [0.25, 0.3) is 28.0 Å². The fraction of sp³-hybridized carbons (Fsp3) is 0.315. The summed E-state index contributed by atoms with van der Waals surface area (Å²) in [5, 5.41) is 16.9. The summed E-state index contributed by atoms with van der Waals surface area (Å²) in [6.07, 6.45) is 3.23. The van der Waals surface area contributed by atoms with Crippen molar-refractivity contribution in [1.82, 2.24) is 39.5 Å². The van der Waals surface area contributed by atoms with Gasteiger partial charge in [0, 0.05) is 73.2 Å². The number of aromatic hydroxyl groups is 1. The van der Waals surface area contributed by atoms with Crippen LogP contribution in [0.3, 0.4) is 0 Å². The van der Waals surface area contributed by atoms with E-state index in [1.165, 1.54) is 21.6 Å². The summed E-state index contributed by atoms with van der Waals surface area (Å²) in [6.45, 7) is 11.1. The molecule has 3 aromatic carbocycles. The molecule has 3 N–H and O–H groups in total. The van der Waals surface area contributed by atoms with Crippen LogP contribution in [0, 0.1) is 25.5 Å². The lowest BCUT2D eigenvalue weighted by Crippen LogP contribution is -2.57. The number of piperidine rings is 1. The number of imide groups is 1. The fourth-order valence-electron chi connectivity index (χ4n) is 9.91. The number of halogens is 3. The molecule has 9 rings (SSSR count). The number of carbonyl (C=O) groups excluding carboxylic acids is 5. The third kappa shape index (κ3) is 9.54. The predicted octanol–water partition coefficient (Wildman–Crippen LogP) is 7.70. The first-order valence-electron chi connectivity index (χ1n) is 24.2. The number of nitrogens with one attached hydrogen (secondary N) is 2. The van der Waals surface area contributed by atoms with Gasteiger partial charge in [-0.05, 0) is 105 Å². The van der Waals surface area contributed by atoms with E-state index < -0.39 is 70.2 Å². The highest BCUT2D eigenvalue weighted by molar-refractivity contribution is 6.31. The van der Waals surface area contributed by atoms with Crippen LogP contribution in [0.4, 0.5) is 25.1 Å². The van der Waals surface area contributed by atoms with E-state index in [1.807, 2.05) is 20.8 Å². The molecular weight excluding hydrogens is 974 g/mol. The number of rotatable bonds is 11. The van der Waals surface area contributed by atoms with E-state index >= 15 is 8.78 Å². The van der Waals surface area contributed by atoms with Gasteiger partial charge >= 0.3 is 11.7 Å². The van der Waals surface area contributed by atoms with Crippen LogP contribution >= 0.6 is 11.6 Å². The Hall–Kier alpha value is -8.06. The quantitative estimate of drug-likeness (QED) is 0.0848. The van der Waals surface area contributed by atoms with Gasteiger partial charge in [0.25, 0.3) is 17.7 Å².